The van der Waals surface area contributed by atoms with Crippen molar-refractivity contribution in [3.8, 4) is 0 Å². The Labute approximate surface area is 126 Å². The van der Waals surface area contributed by atoms with Crippen molar-refractivity contribution in [2.75, 3.05) is 18.4 Å². The Balaban J connectivity index is 1.70. The van der Waals surface area contributed by atoms with Gasteiger partial charge in [-0.2, -0.15) is 0 Å². The van der Waals surface area contributed by atoms with Gasteiger partial charge in [0.1, 0.15) is 5.69 Å². The largest absolute Gasteiger partial charge is 0.382 e. The van der Waals surface area contributed by atoms with E-state index in [2.05, 4.69) is 10.3 Å². The first-order chi connectivity index (χ1) is 10.2. The monoisotopic (exact) mass is 287 g/mol. The lowest BCUT2D eigenvalue weighted by atomic mass is 9.95. The molecule has 0 aliphatic heterocycles. The highest BCUT2D eigenvalue weighted by molar-refractivity contribution is 5.93. The maximum absolute atomic E-state index is 12.4. The van der Waals surface area contributed by atoms with E-state index >= 15 is 0 Å². The zero-order valence-corrected chi connectivity index (χ0v) is 13.0. The number of amides is 1. The van der Waals surface area contributed by atoms with Gasteiger partial charge in [-0.25, -0.2) is 0 Å². The minimum atomic E-state index is 0.0246. The Morgan fingerprint density at radius 2 is 2.14 bits per heavy atom. The molecule has 1 aromatic heterocycles. The van der Waals surface area contributed by atoms with Crippen LogP contribution in [0.15, 0.2) is 18.3 Å². The van der Waals surface area contributed by atoms with E-state index < -0.39 is 0 Å². The minimum Gasteiger partial charge on any atom is -0.382 e. The first-order valence-corrected chi connectivity index (χ1v) is 8.23. The quantitative estimate of drug-likeness (QED) is 0.904. The SMILES string of the molecule is CCN(CC)C(=O)c1cc(NC2CC3CCC2C3)ccn1. The molecule has 2 fully saturated rings. The molecule has 3 atom stereocenters. The fourth-order valence-corrected chi connectivity index (χ4v) is 3.95. The van der Waals surface area contributed by atoms with Gasteiger partial charge in [0, 0.05) is 31.0 Å². The molecule has 0 spiro atoms. The van der Waals surface area contributed by atoms with Gasteiger partial charge >= 0.3 is 0 Å². The van der Waals surface area contributed by atoms with Crippen LogP contribution in [-0.2, 0) is 0 Å². The third-order valence-electron chi connectivity index (χ3n) is 5.12. The molecule has 2 bridgehead atoms. The molecule has 1 amide bonds. The summed E-state index contributed by atoms with van der Waals surface area (Å²) < 4.78 is 0. The summed E-state index contributed by atoms with van der Waals surface area (Å²) in [5.41, 5.74) is 1.59. The lowest BCUT2D eigenvalue weighted by molar-refractivity contribution is 0.0767. The third-order valence-corrected chi connectivity index (χ3v) is 5.12. The molecule has 1 aromatic rings. The van der Waals surface area contributed by atoms with Gasteiger partial charge in [-0.05, 0) is 57.1 Å². The topological polar surface area (TPSA) is 45.2 Å². The molecule has 2 saturated carbocycles. The van der Waals surface area contributed by atoms with Crippen molar-refractivity contribution in [1.82, 2.24) is 9.88 Å². The zero-order chi connectivity index (χ0) is 14.8. The Hall–Kier alpha value is -1.58. The Morgan fingerprint density at radius 1 is 1.33 bits per heavy atom. The van der Waals surface area contributed by atoms with Gasteiger partial charge in [0.15, 0.2) is 0 Å². The fraction of sp³-hybridized carbons (Fsp3) is 0.647. The van der Waals surface area contributed by atoms with E-state index in [1.165, 1.54) is 25.7 Å². The number of pyridine rings is 1. The van der Waals surface area contributed by atoms with E-state index in [1.807, 2.05) is 30.9 Å². The smallest absolute Gasteiger partial charge is 0.272 e. The summed E-state index contributed by atoms with van der Waals surface area (Å²) in [6, 6.07) is 4.47. The maximum Gasteiger partial charge on any atom is 0.272 e. The van der Waals surface area contributed by atoms with Crippen LogP contribution >= 0.6 is 0 Å². The average molecular weight is 287 g/mol. The predicted octanol–water partition coefficient (Wildman–Crippen LogP) is 3.16. The number of nitrogens with zero attached hydrogens (tertiary/aromatic N) is 2. The van der Waals surface area contributed by atoms with Crippen LogP contribution < -0.4 is 5.32 Å². The molecular formula is C17H25N3O. The van der Waals surface area contributed by atoms with Gasteiger partial charge in [0.2, 0.25) is 0 Å². The van der Waals surface area contributed by atoms with E-state index in [9.17, 15) is 4.79 Å². The van der Waals surface area contributed by atoms with Gasteiger partial charge in [-0.15, -0.1) is 0 Å². The summed E-state index contributed by atoms with van der Waals surface area (Å²) in [6.45, 7) is 5.44. The molecule has 21 heavy (non-hydrogen) atoms. The van der Waals surface area contributed by atoms with Crippen LogP contribution in [0.25, 0.3) is 0 Å². The first kappa shape index (κ1) is 14.4. The van der Waals surface area contributed by atoms with Crippen LogP contribution in [0.3, 0.4) is 0 Å². The van der Waals surface area contributed by atoms with E-state index in [0.717, 1.165) is 30.6 Å². The number of carbonyl (C=O) groups excluding carboxylic acids is 1. The standard InChI is InChI=1S/C17H25N3O/c1-3-20(4-2)17(21)16-11-14(7-8-18-16)19-15-10-12-5-6-13(15)9-12/h7-8,11-13,15H,3-6,9-10H2,1-2H3,(H,18,19). The molecule has 4 heteroatoms. The van der Waals surface area contributed by atoms with Crippen LogP contribution in [0.5, 0.6) is 0 Å². The van der Waals surface area contributed by atoms with E-state index in [1.54, 1.807) is 6.20 Å². The van der Waals surface area contributed by atoms with E-state index in [4.69, 9.17) is 0 Å². The second-order valence-electron chi connectivity index (χ2n) is 6.33. The molecule has 2 aliphatic rings. The molecule has 2 aliphatic carbocycles. The van der Waals surface area contributed by atoms with Gasteiger partial charge in [-0.3, -0.25) is 9.78 Å². The van der Waals surface area contributed by atoms with Crippen molar-refractivity contribution in [2.45, 2.75) is 45.6 Å². The molecule has 0 aromatic carbocycles. The van der Waals surface area contributed by atoms with E-state index in [-0.39, 0.29) is 5.91 Å². The summed E-state index contributed by atoms with van der Waals surface area (Å²) in [5, 5.41) is 3.63. The van der Waals surface area contributed by atoms with Crippen LogP contribution in [0.4, 0.5) is 5.69 Å². The van der Waals surface area contributed by atoms with Crippen molar-refractivity contribution >= 4 is 11.6 Å². The summed E-state index contributed by atoms with van der Waals surface area (Å²) >= 11 is 0. The first-order valence-electron chi connectivity index (χ1n) is 8.23. The highest BCUT2D eigenvalue weighted by Crippen LogP contribution is 2.45. The summed E-state index contributed by atoms with van der Waals surface area (Å²) in [4.78, 5) is 18.4. The van der Waals surface area contributed by atoms with Crippen LogP contribution in [0.1, 0.15) is 50.0 Å². The minimum absolute atomic E-state index is 0.0246. The molecule has 0 radical (unpaired) electrons. The molecule has 1 N–H and O–H groups in total. The zero-order valence-electron chi connectivity index (χ0n) is 13.0. The highest BCUT2D eigenvalue weighted by atomic mass is 16.2. The Morgan fingerprint density at radius 3 is 2.76 bits per heavy atom. The molecule has 4 nitrogen and oxygen atoms in total. The van der Waals surface area contributed by atoms with Crippen molar-refractivity contribution in [2.24, 2.45) is 11.8 Å². The summed E-state index contributed by atoms with van der Waals surface area (Å²) in [7, 11) is 0. The maximum atomic E-state index is 12.4. The molecule has 3 rings (SSSR count). The lowest BCUT2D eigenvalue weighted by Crippen LogP contribution is -2.31. The second-order valence-corrected chi connectivity index (χ2v) is 6.33. The Kier molecular flexibility index (Phi) is 4.13. The van der Waals surface area contributed by atoms with Gasteiger partial charge in [0.25, 0.3) is 5.91 Å². The number of carbonyl (C=O) groups is 1. The molecule has 3 unspecified atom stereocenters. The highest BCUT2D eigenvalue weighted by Gasteiger charge is 2.39. The normalized spacial score (nSPS) is 26.9. The van der Waals surface area contributed by atoms with Crippen LogP contribution in [0.2, 0.25) is 0 Å². The fourth-order valence-electron chi connectivity index (χ4n) is 3.95. The summed E-state index contributed by atoms with van der Waals surface area (Å²) in [6.07, 6.45) is 7.18. The van der Waals surface area contributed by atoms with Gasteiger partial charge in [0.05, 0.1) is 0 Å². The number of aromatic nitrogens is 1. The molecule has 114 valence electrons. The second kappa shape index (κ2) is 6.04. The van der Waals surface area contributed by atoms with Crippen molar-refractivity contribution in [1.29, 1.82) is 0 Å². The van der Waals surface area contributed by atoms with E-state index in [0.29, 0.717) is 11.7 Å². The predicted molar refractivity (Wildman–Crippen MR) is 84.3 cm³/mol. The Bertz CT molecular complexity index is 513. The average Bonchev–Trinajstić information content (AvgIpc) is 3.11. The van der Waals surface area contributed by atoms with Crippen molar-refractivity contribution in [3.05, 3.63) is 24.0 Å². The lowest BCUT2D eigenvalue weighted by Gasteiger charge is -2.24. The van der Waals surface area contributed by atoms with Crippen molar-refractivity contribution < 1.29 is 4.79 Å². The number of fused-ring (bicyclic) bond motifs is 2. The molecular weight excluding hydrogens is 262 g/mol. The molecule has 1 heterocycles. The van der Waals surface area contributed by atoms with Gasteiger partial charge in [-0.1, -0.05) is 6.42 Å². The number of rotatable bonds is 5. The van der Waals surface area contributed by atoms with Crippen molar-refractivity contribution in [3.63, 3.8) is 0 Å². The van der Waals surface area contributed by atoms with Gasteiger partial charge < -0.3 is 10.2 Å². The number of hydrogen-bond acceptors (Lipinski definition) is 3. The number of hydrogen-bond donors (Lipinski definition) is 1. The third kappa shape index (κ3) is 2.89. The number of anilines is 1. The summed E-state index contributed by atoms with van der Waals surface area (Å²) in [5.74, 6) is 1.77. The molecule has 0 saturated heterocycles. The van der Waals surface area contributed by atoms with Crippen LogP contribution in [-0.4, -0.2) is 34.9 Å². The van der Waals surface area contributed by atoms with Crippen LogP contribution in [0, 0.1) is 11.8 Å². The number of nitrogens with one attached hydrogen (secondary N) is 1.